The minimum atomic E-state index is -0.618. The number of furan rings is 1. The van der Waals surface area contributed by atoms with Gasteiger partial charge in [-0.05, 0) is 30.3 Å². The molecule has 1 aromatic heterocycles. The summed E-state index contributed by atoms with van der Waals surface area (Å²) in [5.41, 5.74) is 0.553. The molecule has 0 spiro atoms. The van der Waals surface area contributed by atoms with Gasteiger partial charge in [0.05, 0.1) is 37.3 Å². The number of aryl methyl sites for hydroxylation is 1. The first kappa shape index (κ1) is 17.3. The van der Waals surface area contributed by atoms with E-state index in [2.05, 4.69) is 14.8 Å². The quantitative estimate of drug-likeness (QED) is 0.817. The number of carbonyl (C=O) groups excluding carboxylic acids is 3. The molecule has 0 radical (unpaired) electrons. The first-order chi connectivity index (χ1) is 11.5. The molecule has 1 aromatic carbocycles. The van der Waals surface area contributed by atoms with Crippen molar-refractivity contribution in [2.45, 2.75) is 12.8 Å². The van der Waals surface area contributed by atoms with Crippen molar-refractivity contribution in [3.63, 3.8) is 0 Å². The Labute approximate surface area is 138 Å². The highest BCUT2D eigenvalue weighted by Gasteiger charge is 2.17. The van der Waals surface area contributed by atoms with Crippen LogP contribution in [-0.2, 0) is 20.7 Å². The van der Waals surface area contributed by atoms with Gasteiger partial charge in [0.15, 0.2) is 0 Å². The van der Waals surface area contributed by atoms with Crippen LogP contribution in [0.1, 0.15) is 32.9 Å². The van der Waals surface area contributed by atoms with E-state index in [4.69, 9.17) is 4.42 Å². The van der Waals surface area contributed by atoms with Gasteiger partial charge >= 0.3 is 11.9 Å². The molecule has 1 N–H and O–H groups in total. The standard InChI is InChI=1S/C17H17NO6/c1-22-16(20)11-5-7-13(17(21)23-2)14(10-11)18-15(19)8-6-12-4-3-9-24-12/h3-5,7,9-10H,6,8H2,1-2H3,(H,18,19). The van der Waals surface area contributed by atoms with Gasteiger partial charge in [-0.25, -0.2) is 9.59 Å². The molecule has 7 heteroatoms. The molecule has 1 heterocycles. The van der Waals surface area contributed by atoms with E-state index < -0.39 is 11.9 Å². The third-order valence-corrected chi connectivity index (χ3v) is 3.30. The number of esters is 2. The van der Waals surface area contributed by atoms with Crippen molar-refractivity contribution in [3.05, 3.63) is 53.5 Å². The Morgan fingerprint density at radius 2 is 1.83 bits per heavy atom. The fourth-order valence-electron chi connectivity index (χ4n) is 2.08. The summed E-state index contributed by atoms with van der Waals surface area (Å²) in [6, 6.07) is 7.72. The van der Waals surface area contributed by atoms with E-state index in [-0.39, 0.29) is 29.1 Å². The van der Waals surface area contributed by atoms with Crippen molar-refractivity contribution in [2.75, 3.05) is 19.5 Å². The topological polar surface area (TPSA) is 94.8 Å². The van der Waals surface area contributed by atoms with Crippen molar-refractivity contribution in [1.82, 2.24) is 0 Å². The number of nitrogens with one attached hydrogen (secondary N) is 1. The highest BCUT2D eigenvalue weighted by atomic mass is 16.5. The second kappa shape index (κ2) is 7.96. The zero-order valence-corrected chi connectivity index (χ0v) is 13.3. The molecule has 0 saturated carbocycles. The summed E-state index contributed by atoms with van der Waals surface area (Å²) in [7, 11) is 2.48. The molecule has 1 amide bonds. The number of hydrogen-bond acceptors (Lipinski definition) is 6. The van der Waals surface area contributed by atoms with Crippen LogP contribution in [0.3, 0.4) is 0 Å². The van der Waals surface area contributed by atoms with Crippen molar-refractivity contribution in [1.29, 1.82) is 0 Å². The zero-order chi connectivity index (χ0) is 17.5. The minimum absolute atomic E-state index is 0.150. The number of hydrogen-bond donors (Lipinski definition) is 1. The van der Waals surface area contributed by atoms with Crippen LogP contribution in [0.25, 0.3) is 0 Å². The predicted octanol–water partition coefficient (Wildman–Crippen LogP) is 2.42. The zero-order valence-electron chi connectivity index (χ0n) is 13.3. The third kappa shape index (κ3) is 4.22. The molecular weight excluding hydrogens is 314 g/mol. The monoisotopic (exact) mass is 331 g/mol. The number of carbonyl (C=O) groups is 3. The number of amides is 1. The fourth-order valence-corrected chi connectivity index (χ4v) is 2.08. The molecule has 0 bridgehead atoms. The Morgan fingerprint density at radius 1 is 1.08 bits per heavy atom. The van der Waals surface area contributed by atoms with Gasteiger partial charge in [-0.1, -0.05) is 0 Å². The average Bonchev–Trinajstić information content (AvgIpc) is 3.12. The van der Waals surface area contributed by atoms with Crippen LogP contribution >= 0.6 is 0 Å². The maximum absolute atomic E-state index is 12.1. The third-order valence-electron chi connectivity index (χ3n) is 3.30. The predicted molar refractivity (Wildman–Crippen MR) is 84.8 cm³/mol. The lowest BCUT2D eigenvalue weighted by Gasteiger charge is -2.11. The van der Waals surface area contributed by atoms with E-state index in [0.29, 0.717) is 12.2 Å². The van der Waals surface area contributed by atoms with E-state index in [9.17, 15) is 14.4 Å². The molecule has 0 fully saturated rings. The van der Waals surface area contributed by atoms with E-state index in [1.807, 2.05) is 0 Å². The number of rotatable bonds is 6. The van der Waals surface area contributed by atoms with E-state index >= 15 is 0 Å². The molecule has 0 atom stereocenters. The highest BCUT2D eigenvalue weighted by Crippen LogP contribution is 2.20. The lowest BCUT2D eigenvalue weighted by Crippen LogP contribution is -2.16. The van der Waals surface area contributed by atoms with Gasteiger partial charge in [-0.15, -0.1) is 0 Å². The largest absolute Gasteiger partial charge is 0.469 e. The molecule has 0 aliphatic carbocycles. The summed E-state index contributed by atoms with van der Waals surface area (Å²) < 4.78 is 14.5. The Hall–Kier alpha value is -3.09. The molecule has 126 valence electrons. The number of methoxy groups -OCH3 is 2. The SMILES string of the molecule is COC(=O)c1ccc(C(=O)OC)c(NC(=O)CCc2ccco2)c1. The summed E-state index contributed by atoms with van der Waals surface area (Å²) in [4.78, 5) is 35.5. The van der Waals surface area contributed by atoms with Gasteiger partial charge in [0.2, 0.25) is 5.91 Å². The smallest absolute Gasteiger partial charge is 0.339 e. The lowest BCUT2D eigenvalue weighted by atomic mass is 10.1. The normalized spacial score (nSPS) is 10.1. The minimum Gasteiger partial charge on any atom is -0.469 e. The summed E-state index contributed by atoms with van der Waals surface area (Å²) >= 11 is 0. The van der Waals surface area contributed by atoms with Crippen LogP contribution in [0.2, 0.25) is 0 Å². The van der Waals surface area contributed by atoms with Gasteiger partial charge in [0.25, 0.3) is 0 Å². The van der Waals surface area contributed by atoms with E-state index in [1.165, 1.54) is 38.7 Å². The Morgan fingerprint density at radius 3 is 2.46 bits per heavy atom. The first-order valence-electron chi connectivity index (χ1n) is 7.18. The molecule has 24 heavy (non-hydrogen) atoms. The Bertz CT molecular complexity index is 736. The molecule has 0 unspecified atom stereocenters. The molecule has 7 nitrogen and oxygen atoms in total. The van der Waals surface area contributed by atoms with Gasteiger partial charge in [-0.2, -0.15) is 0 Å². The molecule has 2 rings (SSSR count). The van der Waals surface area contributed by atoms with Crippen molar-refractivity contribution >= 4 is 23.5 Å². The molecular formula is C17H17NO6. The second-order valence-corrected chi connectivity index (χ2v) is 4.87. The average molecular weight is 331 g/mol. The maximum atomic E-state index is 12.1. The Balaban J connectivity index is 2.16. The molecule has 0 saturated heterocycles. The van der Waals surface area contributed by atoms with Gasteiger partial charge in [-0.3, -0.25) is 4.79 Å². The van der Waals surface area contributed by atoms with Crippen LogP contribution < -0.4 is 5.32 Å². The summed E-state index contributed by atoms with van der Waals surface area (Å²) in [6.07, 6.45) is 2.11. The Kier molecular flexibility index (Phi) is 5.73. The molecule has 0 aliphatic rings. The number of anilines is 1. The van der Waals surface area contributed by atoms with E-state index in [0.717, 1.165) is 0 Å². The number of ether oxygens (including phenoxy) is 2. The van der Waals surface area contributed by atoms with Crippen LogP contribution in [0.15, 0.2) is 41.0 Å². The summed E-state index contributed by atoms with van der Waals surface area (Å²) in [5.74, 6) is -0.828. The first-order valence-corrected chi connectivity index (χ1v) is 7.18. The van der Waals surface area contributed by atoms with Crippen LogP contribution in [0.4, 0.5) is 5.69 Å². The van der Waals surface area contributed by atoms with Crippen molar-refractivity contribution < 1.29 is 28.3 Å². The molecule has 0 aliphatic heterocycles. The van der Waals surface area contributed by atoms with Gasteiger partial charge in [0.1, 0.15) is 5.76 Å². The number of benzene rings is 1. The van der Waals surface area contributed by atoms with Gasteiger partial charge < -0.3 is 19.2 Å². The van der Waals surface area contributed by atoms with Crippen molar-refractivity contribution in [3.8, 4) is 0 Å². The van der Waals surface area contributed by atoms with Crippen LogP contribution in [0.5, 0.6) is 0 Å². The molecule has 2 aromatic rings. The van der Waals surface area contributed by atoms with Crippen LogP contribution in [-0.4, -0.2) is 32.1 Å². The fraction of sp³-hybridized carbons (Fsp3) is 0.235. The van der Waals surface area contributed by atoms with E-state index in [1.54, 1.807) is 12.1 Å². The maximum Gasteiger partial charge on any atom is 0.339 e. The van der Waals surface area contributed by atoms with Gasteiger partial charge in [0, 0.05) is 12.8 Å². The second-order valence-electron chi connectivity index (χ2n) is 4.87. The highest BCUT2D eigenvalue weighted by molar-refractivity contribution is 6.03. The lowest BCUT2D eigenvalue weighted by molar-refractivity contribution is -0.116. The summed E-state index contributed by atoms with van der Waals surface area (Å²) in [5, 5.41) is 2.62. The van der Waals surface area contributed by atoms with Crippen molar-refractivity contribution in [2.24, 2.45) is 0 Å². The summed E-state index contributed by atoms with van der Waals surface area (Å²) in [6.45, 7) is 0. The van der Waals surface area contributed by atoms with Crippen LogP contribution in [0, 0.1) is 0 Å².